The van der Waals surface area contributed by atoms with Crippen molar-refractivity contribution in [3.05, 3.63) is 53.7 Å². The minimum atomic E-state index is -0.752. The second-order valence-electron chi connectivity index (χ2n) is 7.44. The Morgan fingerprint density at radius 1 is 1.28 bits per heavy atom. The van der Waals surface area contributed by atoms with E-state index >= 15 is 0 Å². The third kappa shape index (κ3) is 3.62. The number of hydrogen-bond acceptors (Lipinski definition) is 7. The van der Waals surface area contributed by atoms with Crippen molar-refractivity contribution >= 4 is 17.2 Å². The smallest absolute Gasteiger partial charge is 0.272 e. The second kappa shape index (κ2) is 7.48. The molecular formula is C20H21N7O2. The SMILES string of the molecule is CC(C)c1ccc2c(C(=O)N[C@@H]3CN(c4ccc(C#N)nn4)C[C@H]3O)ncn2c1. The van der Waals surface area contributed by atoms with E-state index in [1.807, 2.05) is 33.7 Å². The van der Waals surface area contributed by atoms with E-state index < -0.39 is 12.1 Å². The van der Waals surface area contributed by atoms with Crippen LogP contribution in [-0.2, 0) is 0 Å². The van der Waals surface area contributed by atoms with Crippen LogP contribution in [0.3, 0.4) is 0 Å². The number of carbonyl (C=O) groups is 1. The number of hydrogen-bond donors (Lipinski definition) is 2. The predicted octanol–water partition coefficient (Wildman–Crippen LogP) is 1.10. The fourth-order valence-corrected chi connectivity index (χ4v) is 3.44. The number of amides is 1. The van der Waals surface area contributed by atoms with Crippen molar-refractivity contribution < 1.29 is 9.90 Å². The molecule has 0 spiro atoms. The molecule has 3 aromatic heterocycles. The highest BCUT2D eigenvalue weighted by Crippen LogP contribution is 2.20. The number of rotatable bonds is 4. The highest BCUT2D eigenvalue weighted by Gasteiger charge is 2.34. The number of nitrogens with zero attached hydrogens (tertiary/aromatic N) is 6. The normalized spacial score (nSPS) is 18.9. The molecule has 2 atom stereocenters. The van der Waals surface area contributed by atoms with Crippen molar-refractivity contribution in [3.63, 3.8) is 0 Å². The van der Waals surface area contributed by atoms with E-state index in [9.17, 15) is 9.90 Å². The fraction of sp³-hybridized carbons (Fsp3) is 0.350. The first kappa shape index (κ1) is 18.8. The topological polar surface area (TPSA) is 119 Å². The monoisotopic (exact) mass is 391 g/mol. The van der Waals surface area contributed by atoms with E-state index in [0.717, 1.165) is 5.56 Å². The molecule has 1 amide bonds. The van der Waals surface area contributed by atoms with E-state index in [1.165, 1.54) is 0 Å². The number of nitriles is 1. The molecule has 4 heterocycles. The van der Waals surface area contributed by atoms with Gasteiger partial charge in [0.15, 0.2) is 17.2 Å². The summed E-state index contributed by atoms with van der Waals surface area (Å²) in [6.07, 6.45) is 2.84. The quantitative estimate of drug-likeness (QED) is 0.683. The Morgan fingerprint density at radius 2 is 2.10 bits per heavy atom. The first-order valence-corrected chi connectivity index (χ1v) is 9.40. The number of fused-ring (bicyclic) bond motifs is 1. The molecule has 0 aliphatic carbocycles. The molecule has 9 heteroatoms. The molecule has 0 aromatic carbocycles. The number of pyridine rings is 1. The summed E-state index contributed by atoms with van der Waals surface area (Å²) in [7, 11) is 0. The van der Waals surface area contributed by atoms with Gasteiger partial charge in [0, 0.05) is 19.3 Å². The highest BCUT2D eigenvalue weighted by molar-refractivity contribution is 5.99. The van der Waals surface area contributed by atoms with E-state index in [1.54, 1.807) is 18.5 Å². The van der Waals surface area contributed by atoms with Crippen molar-refractivity contribution in [2.24, 2.45) is 0 Å². The van der Waals surface area contributed by atoms with E-state index in [2.05, 4.69) is 34.3 Å². The minimum absolute atomic E-state index is 0.227. The van der Waals surface area contributed by atoms with Gasteiger partial charge >= 0.3 is 0 Å². The van der Waals surface area contributed by atoms with Crippen molar-refractivity contribution in [2.45, 2.75) is 31.9 Å². The summed E-state index contributed by atoms with van der Waals surface area (Å²) in [4.78, 5) is 18.9. The Labute approximate surface area is 167 Å². The Morgan fingerprint density at radius 3 is 2.79 bits per heavy atom. The van der Waals surface area contributed by atoms with Crippen LogP contribution in [0.1, 0.15) is 41.5 Å². The molecule has 1 saturated heterocycles. The summed E-state index contributed by atoms with van der Waals surface area (Å²) in [5.74, 6) is 0.596. The van der Waals surface area contributed by atoms with Gasteiger partial charge in [0.1, 0.15) is 12.4 Å². The molecule has 0 radical (unpaired) electrons. The lowest BCUT2D eigenvalue weighted by molar-refractivity contribution is 0.0886. The molecular weight excluding hydrogens is 370 g/mol. The van der Waals surface area contributed by atoms with Gasteiger partial charge in [-0.15, -0.1) is 10.2 Å². The van der Waals surface area contributed by atoms with Gasteiger partial charge in [-0.1, -0.05) is 19.9 Å². The average molecular weight is 391 g/mol. The van der Waals surface area contributed by atoms with Gasteiger partial charge in [-0.2, -0.15) is 5.26 Å². The van der Waals surface area contributed by atoms with Crippen molar-refractivity contribution in [3.8, 4) is 6.07 Å². The fourth-order valence-electron chi connectivity index (χ4n) is 3.44. The molecule has 1 aliphatic heterocycles. The van der Waals surface area contributed by atoms with Crippen molar-refractivity contribution in [2.75, 3.05) is 18.0 Å². The molecule has 148 valence electrons. The lowest BCUT2D eigenvalue weighted by atomic mass is 10.1. The highest BCUT2D eigenvalue weighted by atomic mass is 16.3. The molecule has 1 fully saturated rings. The molecule has 3 aromatic rings. The zero-order chi connectivity index (χ0) is 20.5. The number of imidazole rings is 1. The number of nitrogens with one attached hydrogen (secondary N) is 1. The number of aliphatic hydroxyl groups excluding tert-OH is 1. The Hall–Kier alpha value is -3.51. The first-order valence-electron chi connectivity index (χ1n) is 9.40. The van der Waals surface area contributed by atoms with Crippen LogP contribution in [0.2, 0.25) is 0 Å². The van der Waals surface area contributed by atoms with Crippen LogP contribution in [0.5, 0.6) is 0 Å². The predicted molar refractivity (Wildman–Crippen MR) is 106 cm³/mol. The maximum atomic E-state index is 12.8. The summed E-state index contributed by atoms with van der Waals surface area (Å²) in [5.41, 5.74) is 2.43. The van der Waals surface area contributed by atoms with E-state index in [0.29, 0.717) is 36.0 Å². The molecule has 4 rings (SSSR count). The molecule has 9 nitrogen and oxygen atoms in total. The lowest BCUT2D eigenvalue weighted by Gasteiger charge is -2.16. The van der Waals surface area contributed by atoms with Crippen LogP contribution < -0.4 is 10.2 Å². The van der Waals surface area contributed by atoms with Crippen LogP contribution in [-0.4, -0.2) is 55.8 Å². The summed E-state index contributed by atoms with van der Waals surface area (Å²) in [5, 5.41) is 29.9. The third-order valence-electron chi connectivity index (χ3n) is 5.13. The van der Waals surface area contributed by atoms with Gasteiger partial charge in [0.05, 0.1) is 17.7 Å². The Kier molecular flexibility index (Phi) is 4.86. The summed E-state index contributed by atoms with van der Waals surface area (Å²) in [6, 6.07) is 8.59. The van der Waals surface area contributed by atoms with Gasteiger partial charge in [0.25, 0.3) is 5.91 Å². The number of aliphatic hydroxyl groups is 1. The zero-order valence-corrected chi connectivity index (χ0v) is 16.1. The number of aromatic nitrogens is 4. The third-order valence-corrected chi connectivity index (χ3v) is 5.13. The van der Waals surface area contributed by atoms with Crippen molar-refractivity contribution in [1.29, 1.82) is 5.26 Å². The van der Waals surface area contributed by atoms with E-state index in [4.69, 9.17) is 5.26 Å². The molecule has 0 unspecified atom stereocenters. The van der Waals surface area contributed by atoms with Crippen LogP contribution in [0.4, 0.5) is 5.82 Å². The summed E-state index contributed by atoms with van der Waals surface area (Å²) in [6.45, 7) is 4.92. The largest absolute Gasteiger partial charge is 0.389 e. The summed E-state index contributed by atoms with van der Waals surface area (Å²) < 4.78 is 1.84. The van der Waals surface area contributed by atoms with Crippen LogP contribution in [0.15, 0.2) is 36.8 Å². The minimum Gasteiger partial charge on any atom is -0.389 e. The standard InChI is InChI=1S/C20H21N7O2/c1-12(2)13-3-5-16-19(22-11-27(16)8-13)20(29)23-15-9-26(10-17(15)28)18-6-4-14(7-21)24-25-18/h3-6,8,11-12,15,17,28H,9-10H2,1-2H3,(H,23,29)/t15-,17-/m1/s1. The summed E-state index contributed by atoms with van der Waals surface area (Å²) >= 11 is 0. The number of β-amino-alcohol motifs (C(OH)–C–C–N with tert-alkyl or cyclic N) is 1. The number of carbonyl (C=O) groups excluding carboxylic acids is 1. The van der Waals surface area contributed by atoms with Gasteiger partial charge in [-0.05, 0) is 29.7 Å². The van der Waals surface area contributed by atoms with Gasteiger partial charge in [-0.3, -0.25) is 4.79 Å². The van der Waals surface area contributed by atoms with Crippen LogP contribution in [0.25, 0.3) is 5.52 Å². The van der Waals surface area contributed by atoms with E-state index in [-0.39, 0.29) is 11.6 Å². The van der Waals surface area contributed by atoms with Gasteiger partial charge < -0.3 is 19.7 Å². The molecule has 29 heavy (non-hydrogen) atoms. The first-order chi connectivity index (χ1) is 14.0. The van der Waals surface area contributed by atoms with Crippen molar-refractivity contribution in [1.82, 2.24) is 24.9 Å². The molecule has 0 bridgehead atoms. The Balaban J connectivity index is 1.48. The zero-order valence-electron chi connectivity index (χ0n) is 16.1. The lowest BCUT2D eigenvalue weighted by Crippen LogP contribution is -2.43. The van der Waals surface area contributed by atoms with Crippen LogP contribution >= 0.6 is 0 Å². The molecule has 0 saturated carbocycles. The molecule has 1 aliphatic rings. The molecule has 2 N–H and O–H groups in total. The van der Waals surface area contributed by atoms with Gasteiger partial charge in [-0.25, -0.2) is 4.98 Å². The Bertz CT molecular complexity index is 1080. The number of anilines is 1. The average Bonchev–Trinajstić information content (AvgIpc) is 3.31. The van der Waals surface area contributed by atoms with Crippen LogP contribution in [0, 0.1) is 11.3 Å². The maximum absolute atomic E-state index is 12.8. The second-order valence-corrected chi connectivity index (χ2v) is 7.44. The maximum Gasteiger partial charge on any atom is 0.272 e. The van der Waals surface area contributed by atoms with Gasteiger partial charge in [0.2, 0.25) is 0 Å².